The van der Waals surface area contributed by atoms with Crippen molar-refractivity contribution in [3.63, 3.8) is 0 Å². The first kappa shape index (κ1) is 20.3. The molecule has 0 spiro atoms. The summed E-state index contributed by atoms with van der Waals surface area (Å²) >= 11 is 0. The molecule has 3 aromatic rings. The lowest BCUT2D eigenvalue weighted by molar-refractivity contribution is 0.0784. The van der Waals surface area contributed by atoms with Crippen LogP contribution in [0.1, 0.15) is 41.6 Å². The van der Waals surface area contributed by atoms with Gasteiger partial charge in [-0.1, -0.05) is 18.2 Å². The summed E-state index contributed by atoms with van der Waals surface area (Å²) in [7, 11) is 3.40. The lowest BCUT2D eigenvalue weighted by Crippen LogP contribution is -2.26. The fourth-order valence-corrected chi connectivity index (χ4v) is 2.87. The van der Waals surface area contributed by atoms with Gasteiger partial charge < -0.3 is 14.4 Å². The molecule has 29 heavy (non-hydrogen) atoms. The van der Waals surface area contributed by atoms with Gasteiger partial charge in [0.1, 0.15) is 18.1 Å². The maximum atomic E-state index is 12.8. The summed E-state index contributed by atoms with van der Waals surface area (Å²) in [5.74, 6) is 1.93. The Hall–Kier alpha value is -3.42. The number of tetrazole rings is 1. The molecule has 0 N–H and O–H groups in total. The minimum atomic E-state index is -0.0849. The molecule has 0 radical (unpaired) electrons. The topological polar surface area (TPSA) is 82.4 Å². The molecule has 0 aliphatic heterocycles. The van der Waals surface area contributed by atoms with Crippen molar-refractivity contribution in [2.45, 2.75) is 33.0 Å². The molecule has 0 aliphatic rings. The number of methoxy groups -OCH3 is 1. The third kappa shape index (κ3) is 5.10. The fourth-order valence-electron chi connectivity index (χ4n) is 2.87. The van der Waals surface area contributed by atoms with Gasteiger partial charge in [0.25, 0.3) is 5.91 Å². The van der Waals surface area contributed by atoms with Gasteiger partial charge >= 0.3 is 0 Å². The molecule has 3 rings (SSSR count). The minimum Gasteiger partial charge on any atom is -0.497 e. The molecule has 8 heteroatoms. The molecular weight excluding hydrogens is 370 g/mol. The third-order valence-electron chi connectivity index (χ3n) is 4.42. The predicted molar refractivity (Wildman–Crippen MR) is 108 cm³/mol. The first-order chi connectivity index (χ1) is 14.0. The van der Waals surface area contributed by atoms with Crippen LogP contribution in [0.3, 0.4) is 0 Å². The molecule has 0 saturated heterocycles. The molecule has 0 aliphatic carbocycles. The monoisotopic (exact) mass is 395 g/mol. The maximum Gasteiger partial charge on any atom is 0.254 e. The summed E-state index contributed by atoms with van der Waals surface area (Å²) in [6.45, 7) is 4.72. The van der Waals surface area contributed by atoms with Crippen molar-refractivity contribution in [1.82, 2.24) is 25.1 Å². The number of carbonyl (C=O) groups excluding carboxylic acids is 1. The van der Waals surface area contributed by atoms with Crippen molar-refractivity contribution in [2.75, 3.05) is 14.2 Å². The van der Waals surface area contributed by atoms with E-state index in [1.54, 1.807) is 41.9 Å². The highest BCUT2D eigenvalue weighted by Gasteiger charge is 2.14. The van der Waals surface area contributed by atoms with Gasteiger partial charge in [-0.25, -0.2) is 4.68 Å². The second-order valence-corrected chi connectivity index (χ2v) is 6.96. The number of benzene rings is 2. The zero-order valence-electron chi connectivity index (χ0n) is 17.1. The van der Waals surface area contributed by atoms with Crippen LogP contribution in [-0.4, -0.2) is 45.2 Å². The number of hydrogen-bond donors (Lipinski definition) is 0. The average Bonchev–Trinajstić information content (AvgIpc) is 3.21. The van der Waals surface area contributed by atoms with Gasteiger partial charge in [0, 0.05) is 19.2 Å². The highest BCUT2D eigenvalue weighted by Crippen LogP contribution is 2.18. The van der Waals surface area contributed by atoms with Crippen LogP contribution in [0.5, 0.6) is 11.5 Å². The Bertz CT molecular complexity index is 953. The summed E-state index contributed by atoms with van der Waals surface area (Å²) in [6, 6.07) is 14.9. The zero-order valence-corrected chi connectivity index (χ0v) is 17.1. The number of aromatic nitrogens is 4. The second kappa shape index (κ2) is 9.18. The largest absolute Gasteiger partial charge is 0.497 e. The van der Waals surface area contributed by atoms with Crippen LogP contribution < -0.4 is 9.47 Å². The smallest absolute Gasteiger partial charge is 0.254 e. The van der Waals surface area contributed by atoms with Crippen molar-refractivity contribution in [2.24, 2.45) is 0 Å². The van der Waals surface area contributed by atoms with Crippen molar-refractivity contribution < 1.29 is 14.3 Å². The van der Waals surface area contributed by atoms with E-state index in [1.165, 1.54) is 0 Å². The standard InChI is InChI=1S/C21H25N5O3/c1-15(2)26-20(22-23-24-26)14-29-19-7-5-6-17(12-19)21(27)25(3)13-16-8-10-18(28-4)11-9-16/h5-12,15H,13-14H2,1-4H3. The Morgan fingerprint density at radius 1 is 1.14 bits per heavy atom. The van der Waals surface area contributed by atoms with E-state index < -0.39 is 0 Å². The molecule has 0 saturated carbocycles. The number of hydrogen-bond acceptors (Lipinski definition) is 6. The van der Waals surface area contributed by atoms with Crippen LogP contribution in [0.2, 0.25) is 0 Å². The van der Waals surface area contributed by atoms with Crippen molar-refractivity contribution >= 4 is 5.91 Å². The van der Waals surface area contributed by atoms with Gasteiger partial charge in [-0.3, -0.25) is 4.79 Å². The molecule has 1 heterocycles. The van der Waals surface area contributed by atoms with E-state index in [-0.39, 0.29) is 18.6 Å². The predicted octanol–water partition coefficient (Wildman–Crippen LogP) is 3.11. The van der Waals surface area contributed by atoms with Gasteiger partial charge in [-0.15, -0.1) is 5.10 Å². The van der Waals surface area contributed by atoms with E-state index in [1.807, 2.05) is 44.2 Å². The SMILES string of the molecule is COc1ccc(CN(C)C(=O)c2cccc(OCc3nnnn3C(C)C)c2)cc1. The van der Waals surface area contributed by atoms with E-state index >= 15 is 0 Å². The zero-order chi connectivity index (χ0) is 20.8. The maximum absolute atomic E-state index is 12.8. The number of carbonyl (C=O) groups is 1. The van der Waals surface area contributed by atoms with Gasteiger partial charge in [0.15, 0.2) is 5.82 Å². The van der Waals surface area contributed by atoms with Crippen LogP contribution in [0.15, 0.2) is 48.5 Å². The van der Waals surface area contributed by atoms with E-state index in [9.17, 15) is 4.79 Å². The molecule has 0 bridgehead atoms. The Morgan fingerprint density at radius 3 is 2.59 bits per heavy atom. The molecule has 1 amide bonds. The summed E-state index contributed by atoms with van der Waals surface area (Å²) in [6.07, 6.45) is 0. The lowest BCUT2D eigenvalue weighted by Gasteiger charge is -2.18. The number of amides is 1. The average molecular weight is 395 g/mol. The van der Waals surface area contributed by atoms with Gasteiger partial charge in [0.2, 0.25) is 0 Å². The van der Waals surface area contributed by atoms with Crippen LogP contribution >= 0.6 is 0 Å². The van der Waals surface area contributed by atoms with Gasteiger partial charge in [-0.2, -0.15) is 0 Å². The quantitative estimate of drug-likeness (QED) is 0.583. The molecular formula is C21H25N5O3. The first-order valence-electron chi connectivity index (χ1n) is 9.36. The Morgan fingerprint density at radius 2 is 1.90 bits per heavy atom. The Balaban J connectivity index is 1.64. The third-order valence-corrected chi connectivity index (χ3v) is 4.42. The molecule has 0 fully saturated rings. The summed E-state index contributed by atoms with van der Waals surface area (Å²) in [5.41, 5.74) is 1.58. The Labute approximate surface area is 170 Å². The van der Waals surface area contributed by atoms with Crippen LogP contribution in [-0.2, 0) is 13.2 Å². The summed E-state index contributed by atoms with van der Waals surface area (Å²) in [5, 5.41) is 11.6. The molecule has 1 aromatic heterocycles. The minimum absolute atomic E-state index is 0.0849. The van der Waals surface area contributed by atoms with Crippen molar-refractivity contribution in [1.29, 1.82) is 0 Å². The van der Waals surface area contributed by atoms with Gasteiger partial charge in [-0.05, 0) is 60.2 Å². The number of ether oxygens (including phenoxy) is 2. The van der Waals surface area contributed by atoms with Gasteiger partial charge in [0.05, 0.1) is 13.2 Å². The molecule has 152 valence electrons. The highest BCUT2D eigenvalue weighted by atomic mass is 16.5. The van der Waals surface area contributed by atoms with Crippen LogP contribution in [0.4, 0.5) is 0 Å². The van der Waals surface area contributed by atoms with Crippen molar-refractivity contribution in [3.8, 4) is 11.5 Å². The molecule has 8 nitrogen and oxygen atoms in total. The van der Waals surface area contributed by atoms with E-state index in [4.69, 9.17) is 9.47 Å². The molecule has 0 atom stereocenters. The Kier molecular flexibility index (Phi) is 6.43. The number of nitrogens with zero attached hydrogens (tertiary/aromatic N) is 5. The fraction of sp³-hybridized carbons (Fsp3) is 0.333. The summed E-state index contributed by atoms with van der Waals surface area (Å²) < 4.78 is 12.7. The van der Waals surface area contributed by atoms with E-state index in [0.29, 0.717) is 23.7 Å². The van der Waals surface area contributed by atoms with E-state index in [2.05, 4.69) is 15.5 Å². The van der Waals surface area contributed by atoms with Crippen molar-refractivity contribution in [3.05, 3.63) is 65.5 Å². The molecule has 0 unspecified atom stereocenters. The highest BCUT2D eigenvalue weighted by molar-refractivity contribution is 5.94. The van der Waals surface area contributed by atoms with Crippen LogP contribution in [0.25, 0.3) is 0 Å². The first-order valence-corrected chi connectivity index (χ1v) is 9.36. The van der Waals surface area contributed by atoms with Crippen LogP contribution in [0, 0.1) is 0 Å². The normalized spacial score (nSPS) is 10.8. The van der Waals surface area contributed by atoms with E-state index in [0.717, 1.165) is 11.3 Å². The second-order valence-electron chi connectivity index (χ2n) is 6.96. The molecule has 2 aromatic carbocycles. The number of rotatable bonds is 8. The lowest BCUT2D eigenvalue weighted by atomic mass is 10.1. The summed E-state index contributed by atoms with van der Waals surface area (Å²) in [4.78, 5) is 14.5.